The van der Waals surface area contributed by atoms with E-state index >= 15 is 0 Å². The predicted molar refractivity (Wildman–Crippen MR) is 115 cm³/mol. The summed E-state index contributed by atoms with van der Waals surface area (Å²) in [5.41, 5.74) is 1.40. The summed E-state index contributed by atoms with van der Waals surface area (Å²) < 4.78 is 5.39. The van der Waals surface area contributed by atoms with Gasteiger partial charge >= 0.3 is 0 Å². The molecular formula is C25H33N3O2. The van der Waals surface area contributed by atoms with Crippen LogP contribution in [0.5, 0.6) is 0 Å². The van der Waals surface area contributed by atoms with Crippen molar-refractivity contribution in [1.29, 1.82) is 5.26 Å². The molecule has 3 atom stereocenters. The van der Waals surface area contributed by atoms with Gasteiger partial charge in [-0.1, -0.05) is 30.3 Å². The van der Waals surface area contributed by atoms with Crippen LogP contribution in [0.4, 0.5) is 0 Å². The Morgan fingerprint density at radius 2 is 1.93 bits per heavy atom. The number of rotatable bonds is 6. The Kier molecular flexibility index (Phi) is 5.56. The Balaban J connectivity index is 1.11. The van der Waals surface area contributed by atoms with E-state index in [1.54, 1.807) is 0 Å². The van der Waals surface area contributed by atoms with Crippen molar-refractivity contribution < 1.29 is 9.53 Å². The van der Waals surface area contributed by atoms with Gasteiger partial charge in [0.25, 0.3) is 0 Å². The van der Waals surface area contributed by atoms with Crippen molar-refractivity contribution in [3.8, 4) is 6.07 Å². The van der Waals surface area contributed by atoms with Gasteiger partial charge in [-0.2, -0.15) is 5.26 Å². The molecule has 3 heterocycles. The first-order valence-electron chi connectivity index (χ1n) is 11.7. The zero-order valence-electron chi connectivity index (χ0n) is 17.8. The summed E-state index contributed by atoms with van der Waals surface area (Å²) in [6.45, 7) is 4.86. The lowest BCUT2D eigenvalue weighted by Gasteiger charge is -2.57. The molecule has 1 aromatic carbocycles. The highest BCUT2D eigenvalue weighted by Crippen LogP contribution is 2.52. The molecule has 3 saturated heterocycles. The fourth-order valence-corrected chi connectivity index (χ4v) is 6.07. The van der Waals surface area contributed by atoms with Crippen molar-refractivity contribution in [3.05, 3.63) is 35.9 Å². The maximum absolute atomic E-state index is 12.7. The van der Waals surface area contributed by atoms with E-state index in [0.717, 1.165) is 50.4 Å². The van der Waals surface area contributed by atoms with Crippen molar-refractivity contribution in [2.45, 2.75) is 50.0 Å². The van der Waals surface area contributed by atoms with Crippen LogP contribution in [0.3, 0.4) is 0 Å². The van der Waals surface area contributed by atoms with Crippen LogP contribution >= 0.6 is 0 Å². The Morgan fingerprint density at radius 3 is 2.60 bits per heavy atom. The monoisotopic (exact) mass is 407 g/mol. The molecule has 0 N–H and O–H groups in total. The first-order chi connectivity index (χ1) is 14.7. The summed E-state index contributed by atoms with van der Waals surface area (Å²) >= 11 is 0. The predicted octanol–water partition coefficient (Wildman–Crippen LogP) is 3.42. The van der Waals surface area contributed by atoms with Crippen LogP contribution < -0.4 is 0 Å². The number of carbonyl (C=O) groups excluding carboxylic acids is 1. The second-order valence-electron chi connectivity index (χ2n) is 9.99. The molecule has 2 unspecified atom stereocenters. The third kappa shape index (κ3) is 3.88. The third-order valence-electron chi connectivity index (χ3n) is 8.04. The van der Waals surface area contributed by atoms with Gasteiger partial charge < -0.3 is 9.64 Å². The molecule has 0 spiro atoms. The van der Waals surface area contributed by atoms with Gasteiger partial charge in [0.1, 0.15) is 0 Å². The number of amides is 1. The molecule has 30 heavy (non-hydrogen) atoms. The highest BCUT2D eigenvalue weighted by Gasteiger charge is 2.51. The summed E-state index contributed by atoms with van der Waals surface area (Å²) in [5.74, 6) is 2.72. The SMILES string of the molecule is N#CCC1(N2CCC(C[C@@H]3CC3c3ccccc3)CC2)CN(C(=O)C2CCOC2)C1. The van der Waals surface area contributed by atoms with Crippen LogP contribution in [0.15, 0.2) is 30.3 Å². The normalized spacial score (nSPS) is 31.2. The molecule has 4 aliphatic rings. The summed E-state index contributed by atoms with van der Waals surface area (Å²) in [7, 11) is 0. The average Bonchev–Trinajstić information content (AvgIpc) is 3.29. The Hall–Kier alpha value is -1.90. The van der Waals surface area contributed by atoms with E-state index in [-0.39, 0.29) is 17.4 Å². The average molecular weight is 408 g/mol. The number of hydrogen-bond donors (Lipinski definition) is 0. The van der Waals surface area contributed by atoms with Crippen LogP contribution in [-0.4, -0.2) is 60.6 Å². The van der Waals surface area contributed by atoms with Crippen molar-refractivity contribution >= 4 is 5.91 Å². The maximum Gasteiger partial charge on any atom is 0.228 e. The largest absolute Gasteiger partial charge is 0.381 e. The molecule has 5 rings (SSSR count). The van der Waals surface area contributed by atoms with E-state index in [4.69, 9.17) is 4.74 Å². The maximum atomic E-state index is 12.7. The van der Waals surface area contributed by atoms with Gasteiger partial charge in [0.2, 0.25) is 5.91 Å². The number of ether oxygens (including phenoxy) is 1. The molecular weight excluding hydrogens is 374 g/mol. The minimum Gasteiger partial charge on any atom is -0.381 e. The fourth-order valence-electron chi connectivity index (χ4n) is 6.07. The molecule has 0 aromatic heterocycles. The van der Waals surface area contributed by atoms with Crippen LogP contribution in [0.1, 0.15) is 50.0 Å². The van der Waals surface area contributed by atoms with E-state index in [9.17, 15) is 10.1 Å². The number of nitrogens with zero attached hydrogens (tertiary/aromatic N) is 3. The first-order valence-corrected chi connectivity index (χ1v) is 11.7. The van der Waals surface area contributed by atoms with Crippen LogP contribution in [0.25, 0.3) is 0 Å². The number of carbonyl (C=O) groups is 1. The van der Waals surface area contributed by atoms with E-state index in [0.29, 0.717) is 19.6 Å². The van der Waals surface area contributed by atoms with Gasteiger partial charge in [0, 0.05) is 19.7 Å². The van der Waals surface area contributed by atoms with Gasteiger partial charge in [0.15, 0.2) is 0 Å². The third-order valence-corrected chi connectivity index (χ3v) is 8.04. The van der Waals surface area contributed by atoms with Crippen LogP contribution in [0.2, 0.25) is 0 Å². The number of nitriles is 1. The molecule has 1 amide bonds. The van der Waals surface area contributed by atoms with Gasteiger partial charge in [0.05, 0.1) is 30.6 Å². The number of hydrogen-bond acceptors (Lipinski definition) is 4. The second kappa shape index (κ2) is 8.32. The highest BCUT2D eigenvalue weighted by molar-refractivity contribution is 5.80. The lowest BCUT2D eigenvalue weighted by molar-refractivity contribution is -0.152. The molecule has 4 fully saturated rings. The van der Waals surface area contributed by atoms with Crippen LogP contribution in [0, 0.1) is 29.1 Å². The zero-order chi connectivity index (χ0) is 20.6. The van der Waals surface area contributed by atoms with E-state index in [2.05, 4.69) is 41.3 Å². The van der Waals surface area contributed by atoms with Crippen molar-refractivity contribution in [3.63, 3.8) is 0 Å². The minimum absolute atomic E-state index is 0.0342. The lowest BCUT2D eigenvalue weighted by Crippen LogP contribution is -2.72. The van der Waals surface area contributed by atoms with Crippen LogP contribution in [-0.2, 0) is 9.53 Å². The van der Waals surface area contributed by atoms with Gasteiger partial charge in [-0.05, 0) is 68.5 Å². The summed E-state index contributed by atoms with van der Waals surface area (Å²) in [4.78, 5) is 17.2. The number of likely N-dealkylation sites (tertiary alicyclic amines) is 2. The Morgan fingerprint density at radius 1 is 1.17 bits per heavy atom. The van der Waals surface area contributed by atoms with Gasteiger partial charge in [-0.3, -0.25) is 9.69 Å². The van der Waals surface area contributed by atoms with E-state index < -0.39 is 0 Å². The van der Waals surface area contributed by atoms with E-state index in [1.807, 2.05) is 4.90 Å². The topological polar surface area (TPSA) is 56.6 Å². The number of benzene rings is 1. The molecule has 3 aliphatic heterocycles. The standard InChI is InChI=1S/C25H33N3O2/c26-10-9-25(17-27(18-25)24(29)21-8-13-30-16-21)28-11-6-19(7-12-28)14-22-15-23(22)20-4-2-1-3-5-20/h1-5,19,21-23H,6-9,11-18H2/t21?,22-,23?/m1/s1. The van der Waals surface area contributed by atoms with Crippen molar-refractivity contribution in [2.24, 2.45) is 17.8 Å². The molecule has 1 aromatic rings. The Bertz CT molecular complexity index is 784. The summed E-state index contributed by atoms with van der Waals surface area (Å²) in [5, 5.41) is 9.45. The molecule has 0 bridgehead atoms. The molecule has 1 aliphatic carbocycles. The minimum atomic E-state index is -0.110. The van der Waals surface area contributed by atoms with Gasteiger partial charge in [-0.25, -0.2) is 0 Å². The molecule has 0 radical (unpaired) electrons. The fraction of sp³-hybridized carbons (Fsp3) is 0.680. The molecule has 1 saturated carbocycles. The van der Waals surface area contributed by atoms with Crippen molar-refractivity contribution in [1.82, 2.24) is 9.80 Å². The zero-order valence-corrected chi connectivity index (χ0v) is 17.8. The number of piperidine rings is 1. The lowest BCUT2D eigenvalue weighted by atomic mass is 9.80. The molecule has 5 heteroatoms. The molecule has 160 valence electrons. The first kappa shape index (κ1) is 20.0. The smallest absolute Gasteiger partial charge is 0.228 e. The quantitative estimate of drug-likeness (QED) is 0.725. The van der Waals surface area contributed by atoms with Crippen molar-refractivity contribution in [2.75, 3.05) is 39.4 Å². The Labute approximate surface area is 180 Å². The van der Waals surface area contributed by atoms with Gasteiger partial charge in [-0.15, -0.1) is 0 Å². The summed E-state index contributed by atoms with van der Waals surface area (Å²) in [6.07, 6.45) is 6.54. The second-order valence-corrected chi connectivity index (χ2v) is 9.99. The molecule has 5 nitrogen and oxygen atoms in total. The highest BCUT2D eigenvalue weighted by atomic mass is 16.5. The van der Waals surface area contributed by atoms with E-state index in [1.165, 1.54) is 31.2 Å². The summed E-state index contributed by atoms with van der Waals surface area (Å²) in [6, 6.07) is 13.4.